The topological polar surface area (TPSA) is 47.8 Å². The van der Waals surface area contributed by atoms with Crippen LogP contribution in [0.5, 0.6) is 0 Å². The van der Waals surface area contributed by atoms with Crippen molar-refractivity contribution in [3.8, 4) is 5.69 Å². The van der Waals surface area contributed by atoms with Crippen LogP contribution in [0.15, 0.2) is 83.8 Å². The first kappa shape index (κ1) is 15.3. The van der Waals surface area contributed by atoms with Crippen molar-refractivity contribution < 1.29 is 0 Å². The van der Waals surface area contributed by atoms with E-state index in [1.807, 2.05) is 60.7 Å². The van der Waals surface area contributed by atoms with Gasteiger partial charge in [-0.1, -0.05) is 48.5 Å². The number of hydrogen-bond acceptors (Lipinski definition) is 3. The molecule has 4 aromatic rings. The Morgan fingerprint density at radius 1 is 0.800 bits per heavy atom. The smallest absolute Gasteiger partial charge is 0.267 e. The van der Waals surface area contributed by atoms with Gasteiger partial charge in [-0.05, 0) is 42.7 Å². The molecule has 0 atom stereocenters. The summed E-state index contributed by atoms with van der Waals surface area (Å²) in [5, 5.41) is 0. The normalized spacial score (nSPS) is 10.9. The lowest BCUT2D eigenvalue weighted by Crippen LogP contribution is -2.25. The van der Waals surface area contributed by atoms with Crippen molar-refractivity contribution in [2.45, 2.75) is 12.8 Å². The zero-order chi connectivity index (χ0) is 17.1. The fraction of sp³-hybridized carbons (Fsp3) is 0.0952. The average molecular weight is 327 g/mol. The molecule has 0 N–H and O–H groups in total. The van der Waals surface area contributed by atoms with Gasteiger partial charge in [0.2, 0.25) is 0 Å². The van der Waals surface area contributed by atoms with Crippen LogP contribution in [-0.4, -0.2) is 14.5 Å². The zero-order valence-corrected chi connectivity index (χ0v) is 13.7. The number of benzene rings is 2. The lowest BCUT2D eigenvalue weighted by atomic mass is 10.1. The Labute approximate surface area is 145 Å². The standard InChI is InChI=1S/C21H17N3O/c25-21-19(14-13-16-8-3-1-4-9-16)23-18-12-7-15-22-20(18)24(21)17-10-5-2-6-11-17/h1-12,15H,13-14H2. The summed E-state index contributed by atoms with van der Waals surface area (Å²) in [6, 6.07) is 23.5. The molecule has 25 heavy (non-hydrogen) atoms. The Morgan fingerprint density at radius 2 is 1.52 bits per heavy atom. The van der Waals surface area contributed by atoms with Gasteiger partial charge in [-0.2, -0.15) is 0 Å². The summed E-state index contributed by atoms with van der Waals surface area (Å²) in [5.41, 5.74) is 3.78. The predicted molar refractivity (Wildman–Crippen MR) is 99.0 cm³/mol. The molecule has 0 unspecified atom stereocenters. The van der Waals surface area contributed by atoms with E-state index in [-0.39, 0.29) is 5.56 Å². The van der Waals surface area contributed by atoms with Crippen LogP contribution in [0.1, 0.15) is 11.3 Å². The highest BCUT2D eigenvalue weighted by atomic mass is 16.1. The summed E-state index contributed by atoms with van der Waals surface area (Å²) in [6.07, 6.45) is 3.07. The van der Waals surface area contributed by atoms with Crippen LogP contribution in [0.2, 0.25) is 0 Å². The van der Waals surface area contributed by atoms with Crippen LogP contribution >= 0.6 is 0 Å². The maximum absolute atomic E-state index is 13.1. The van der Waals surface area contributed by atoms with Gasteiger partial charge in [0, 0.05) is 6.20 Å². The first-order valence-corrected chi connectivity index (χ1v) is 8.29. The molecular weight excluding hydrogens is 310 g/mol. The van der Waals surface area contributed by atoms with Gasteiger partial charge in [-0.15, -0.1) is 0 Å². The average Bonchev–Trinajstić information content (AvgIpc) is 2.68. The third-order valence-electron chi connectivity index (χ3n) is 4.19. The first-order valence-electron chi connectivity index (χ1n) is 8.29. The van der Waals surface area contributed by atoms with Crippen LogP contribution in [0.3, 0.4) is 0 Å². The largest absolute Gasteiger partial charge is 0.278 e. The number of hydrogen-bond donors (Lipinski definition) is 0. The number of fused-ring (bicyclic) bond motifs is 1. The number of nitrogens with zero attached hydrogens (tertiary/aromatic N) is 3. The number of pyridine rings is 1. The second-order valence-corrected chi connectivity index (χ2v) is 5.87. The van der Waals surface area contributed by atoms with Gasteiger partial charge in [0.15, 0.2) is 5.65 Å². The minimum Gasteiger partial charge on any atom is -0.267 e. The molecule has 0 aliphatic rings. The fourth-order valence-corrected chi connectivity index (χ4v) is 2.95. The van der Waals surface area contributed by atoms with Gasteiger partial charge in [0.25, 0.3) is 5.56 Å². The minimum atomic E-state index is -0.103. The van der Waals surface area contributed by atoms with Crippen LogP contribution in [0, 0.1) is 0 Å². The Kier molecular flexibility index (Phi) is 4.09. The molecule has 4 heteroatoms. The summed E-state index contributed by atoms with van der Waals surface area (Å²) >= 11 is 0. The van der Waals surface area contributed by atoms with Gasteiger partial charge in [-0.25, -0.2) is 9.97 Å². The molecule has 0 bridgehead atoms. The van der Waals surface area contributed by atoms with E-state index in [9.17, 15) is 4.79 Å². The van der Waals surface area contributed by atoms with Gasteiger partial charge in [-0.3, -0.25) is 9.36 Å². The highest BCUT2D eigenvalue weighted by molar-refractivity contribution is 5.72. The molecular formula is C21H17N3O. The maximum Gasteiger partial charge on any atom is 0.278 e. The van der Waals surface area contributed by atoms with E-state index in [0.29, 0.717) is 17.8 Å². The Morgan fingerprint density at radius 3 is 2.28 bits per heavy atom. The SMILES string of the molecule is O=c1c(CCc2ccccc2)nc2cccnc2n1-c1ccccc1. The van der Waals surface area contributed by atoms with Crippen molar-refractivity contribution in [3.05, 3.63) is 101 Å². The van der Waals surface area contributed by atoms with Crippen molar-refractivity contribution >= 4 is 11.2 Å². The monoisotopic (exact) mass is 327 g/mol. The van der Waals surface area contributed by atoms with Gasteiger partial charge in [0.05, 0.1) is 5.69 Å². The molecule has 0 amide bonds. The predicted octanol–water partition coefficient (Wildman–Crippen LogP) is 3.57. The first-order chi connectivity index (χ1) is 12.3. The molecule has 0 saturated carbocycles. The molecule has 0 radical (unpaired) electrons. The highest BCUT2D eigenvalue weighted by Crippen LogP contribution is 2.14. The highest BCUT2D eigenvalue weighted by Gasteiger charge is 2.13. The van der Waals surface area contributed by atoms with Gasteiger partial charge >= 0.3 is 0 Å². The third-order valence-corrected chi connectivity index (χ3v) is 4.19. The van der Waals surface area contributed by atoms with Crippen molar-refractivity contribution in [2.75, 3.05) is 0 Å². The van der Waals surface area contributed by atoms with Crippen LogP contribution < -0.4 is 5.56 Å². The van der Waals surface area contributed by atoms with Crippen molar-refractivity contribution in [1.29, 1.82) is 0 Å². The fourth-order valence-electron chi connectivity index (χ4n) is 2.95. The Hall–Kier alpha value is -3.27. The van der Waals surface area contributed by atoms with E-state index in [1.54, 1.807) is 10.8 Å². The lowest BCUT2D eigenvalue weighted by molar-refractivity contribution is 0.859. The second kappa shape index (κ2) is 6.69. The van der Waals surface area contributed by atoms with E-state index in [1.165, 1.54) is 5.56 Å². The van der Waals surface area contributed by atoms with Crippen molar-refractivity contribution in [2.24, 2.45) is 0 Å². The van der Waals surface area contributed by atoms with E-state index >= 15 is 0 Å². The summed E-state index contributed by atoms with van der Waals surface area (Å²) in [6.45, 7) is 0. The van der Waals surface area contributed by atoms with E-state index in [2.05, 4.69) is 22.1 Å². The molecule has 0 aliphatic heterocycles. The number of aryl methyl sites for hydroxylation is 2. The summed E-state index contributed by atoms with van der Waals surface area (Å²) in [5.74, 6) is 0. The molecule has 4 nitrogen and oxygen atoms in total. The maximum atomic E-state index is 13.1. The number of rotatable bonds is 4. The van der Waals surface area contributed by atoms with Gasteiger partial charge < -0.3 is 0 Å². The third kappa shape index (κ3) is 3.06. The Bertz CT molecular complexity index is 1060. The molecule has 2 heterocycles. The molecule has 0 saturated heterocycles. The second-order valence-electron chi connectivity index (χ2n) is 5.87. The molecule has 0 fully saturated rings. The molecule has 4 rings (SSSR count). The van der Waals surface area contributed by atoms with Crippen LogP contribution in [0.4, 0.5) is 0 Å². The lowest BCUT2D eigenvalue weighted by Gasteiger charge is -2.11. The van der Waals surface area contributed by atoms with Crippen LogP contribution in [-0.2, 0) is 12.8 Å². The molecule has 122 valence electrons. The summed E-state index contributed by atoms with van der Waals surface area (Å²) < 4.78 is 1.66. The van der Waals surface area contributed by atoms with Crippen molar-refractivity contribution in [3.63, 3.8) is 0 Å². The van der Waals surface area contributed by atoms with E-state index < -0.39 is 0 Å². The molecule has 0 aliphatic carbocycles. The van der Waals surface area contributed by atoms with E-state index in [0.717, 1.165) is 17.6 Å². The quantitative estimate of drug-likeness (QED) is 0.576. The summed E-state index contributed by atoms with van der Waals surface area (Å²) in [7, 11) is 0. The molecule has 2 aromatic carbocycles. The van der Waals surface area contributed by atoms with Gasteiger partial charge in [0.1, 0.15) is 11.2 Å². The minimum absolute atomic E-state index is 0.103. The van der Waals surface area contributed by atoms with E-state index in [4.69, 9.17) is 0 Å². The summed E-state index contributed by atoms with van der Waals surface area (Å²) in [4.78, 5) is 22.0. The number of aromatic nitrogens is 3. The Balaban J connectivity index is 1.83. The zero-order valence-electron chi connectivity index (χ0n) is 13.7. The number of para-hydroxylation sites is 1. The molecule has 2 aromatic heterocycles. The van der Waals surface area contributed by atoms with Crippen molar-refractivity contribution in [1.82, 2.24) is 14.5 Å². The molecule has 0 spiro atoms. The van der Waals surface area contributed by atoms with Crippen LogP contribution in [0.25, 0.3) is 16.9 Å².